The summed E-state index contributed by atoms with van der Waals surface area (Å²) in [6.07, 6.45) is 1.81. The molecule has 2 aromatic rings. The van der Waals surface area contributed by atoms with Crippen LogP contribution in [0.1, 0.15) is 24.1 Å². The number of nitrogens with zero attached hydrogens (tertiary/aromatic N) is 2. The lowest BCUT2D eigenvalue weighted by atomic mass is 10.1. The number of pyridine rings is 1. The van der Waals surface area contributed by atoms with Gasteiger partial charge in [-0.2, -0.15) is 11.3 Å². The van der Waals surface area contributed by atoms with E-state index in [-0.39, 0.29) is 6.04 Å². The zero-order chi connectivity index (χ0) is 12.3. The predicted molar refractivity (Wildman–Crippen MR) is 73.3 cm³/mol. The Morgan fingerprint density at radius 2 is 2.29 bits per heavy atom. The molecule has 2 heterocycles. The molecule has 1 atom stereocenters. The van der Waals surface area contributed by atoms with Crippen molar-refractivity contribution >= 4 is 17.2 Å². The van der Waals surface area contributed by atoms with Crippen LogP contribution in [0.5, 0.6) is 0 Å². The number of thiophene rings is 1. The van der Waals surface area contributed by atoms with Crippen molar-refractivity contribution in [1.82, 2.24) is 4.98 Å². The maximum absolute atomic E-state index is 5.96. The Bertz CT molecular complexity index is 465. The molecule has 0 aliphatic heterocycles. The van der Waals surface area contributed by atoms with Gasteiger partial charge >= 0.3 is 0 Å². The molecule has 0 unspecified atom stereocenters. The summed E-state index contributed by atoms with van der Waals surface area (Å²) in [5.41, 5.74) is 8.35. The van der Waals surface area contributed by atoms with E-state index >= 15 is 0 Å². The number of anilines is 1. The van der Waals surface area contributed by atoms with Gasteiger partial charge in [0.15, 0.2) is 0 Å². The average Bonchev–Trinajstić information content (AvgIpc) is 2.81. The normalized spacial score (nSPS) is 12.4. The Kier molecular flexibility index (Phi) is 3.76. The van der Waals surface area contributed by atoms with E-state index in [4.69, 9.17) is 5.73 Å². The summed E-state index contributed by atoms with van der Waals surface area (Å²) in [5, 5.41) is 4.25. The molecule has 0 radical (unpaired) electrons. The average molecular weight is 247 g/mol. The van der Waals surface area contributed by atoms with Crippen molar-refractivity contribution in [3.63, 3.8) is 0 Å². The highest BCUT2D eigenvalue weighted by Gasteiger charge is 2.11. The van der Waals surface area contributed by atoms with Crippen molar-refractivity contribution in [2.45, 2.75) is 19.5 Å². The van der Waals surface area contributed by atoms with E-state index in [1.807, 2.05) is 32.3 Å². The van der Waals surface area contributed by atoms with Gasteiger partial charge in [-0.3, -0.25) is 0 Å². The van der Waals surface area contributed by atoms with Crippen molar-refractivity contribution in [1.29, 1.82) is 0 Å². The molecule has 0 spiro atoms. The van der Waals surface area contributed by atoms with Crippen LogP contribution >= 0.6 is 11.3 Å². The molecule has 0 saturated heterocycles. The monoisotopic (exact) mass is 247 g/mol. The summed E-state index contributed by atoms with van der Waals surface area (Å²) >= 11 is 1.72. The maximum Gasteiger partial charge on any atom is 0.133 e. The molecular weight excluding hydrogens is 230 g/mol. The minimum Gasteiger partial charge on any atom is -0.355 e. The molecule has 3 nitrogen and oxygen atoms in total. The van der Waals surface area contributed by atoms with E-state index < -0.39 is 0 Å². The Balaban J connectivity index is 2.21. The van der Waals surface area contributed by atoms with E-state index in [1.165, 1.54) is 5.56 Å². The van der Waals surface area contributed by atoms with Crippen LogP contribution in [0, 0.1) is 0 Å². The second-order valence-electron chi connectivity index (χ2n) is 4.19. The minimum absolute atomic E-state index is 0.00336. The minimum atomic E-state index is 0.00336. The summed E-state index contributed by atoms with van der Waals surface area (Å²) in [6.45, 7) is 2.85. The first-order valence-electron chi connectivity index (χ1n) is 5.61. The lowest BCUT2D eigenvalue weighted by molar-refractivity contribution is 0.789. The smallest absolute Gasteiger partial charge is 0.133 e. The largest absolute Gasteiger partial charge is 0.355 e. The lowest BCUT2D eigenvalue weighted by Crippen LogP contribution is -2.21. The highest BCUT2D eigenvalue weighted by molar-refractivity contribution is 7.07. The lowest BCUT2D eigenvalue weighted by Gasteiger charge is -2.22. The van der Waals surface area contributed by atoms with Crippen LogP contribution in [-0.4, -0.2) is 12.0 Å². The summed E-state index contributed by atoms with van der Waals surface area (Å²) in [7, 11) is 2.05. The van der Waals surface area contributed by atoms with E-state index in [0.717, 1.165) is 17.9 Å². The van der Waals surface area contributed by atoms with Crippen LogP contribution in [0.2, 0.25) is 0 Å². The zero-order valence-electron chi connectivity index (χ0n) is 10.1. The van der Waals surface area contributed by atoms with Gasteiger partial charge in [-0.25, -0.2) is 4.98 Å². The highest BCUT2D eigenvalue weighted by Crippen LogP contribution is 2.23. The standard InChI is InChI=1S/C13H17N3S/c1-10(14)12-4-3-6-15-13(12)16(2)8-11-5-7-17-9-11/h3-7,9-10H,8,14H2,1-2H3/t10-/m1/s1. The van der Waals surface area contributed by atoms with Gasteiger partial charge in [0.2, 0.25) is 0 Å². The fourth-order valence-electron chi connectivity index (χ4n) is 1.82. The van der Waals surface area contributed by atoms with Crippen molar-refractivity contribution in [3.8, 4) is 0 Å². The first-order valence-corrected chi connectivity index (χ1v) is 6.55. The van der Waals surface area contributed by atoms with Crippen LogP contribution in [0.15, 0.2) is 35.2 Å². The fourth-order valence-corrected chi connectivity index (χ4v) is 2.47. The summed E-state index contributed by atoms with van der Waals surface area (Å²) in [6, 6.07) is 6.11. The third-order valence-corrected chi connectivity index (χ3v) is 3.40. The molecule has 2 aromatic heterocycles. The topological polar surface area (TPSA) is 42.1 Å². The Labute approximate surface area is 106 Å². The van der Waals surface area contributed by atoms with Gasteiger partial charge in [0, 0.05) is 31.4 Å². The molecule has 2 N–H and O–H groups in total. The second-order valence-corrected chi connectivity index (χ2v) is 4.97. The number of hydrogen-bond donors (Lipinski definition) is 1. The van der Waals surface area contributed by atoms with Crippen LogP contribution in [-0.2, 0) is 6.54 Å². The fraction of sp³-hybridized carbons (Fsp3) is 0.308. The first kappa shape index (κ1) is 12.1. The van der Waals surface area contributed by atoms with Crippen LogP contribution in [0.25, 0.3) is 0 Å². The molecule has 17 heavy (non-hydrogen) atoms. The van der Waals surface area contributed by atoms with Gasteiger partial charge in [0.05, 0.1) is 0 Å². The van der Waals surface area contributed by atoms with E-state index in [9.17, 15) is 0 Å². The molecule has 0 bridgehead atoms. The number of nitrogens with two attached hydrogens (primary N) is 1. The van der Waals surface area contributed by atoms with E-state index in [1.54, 1.807) is 11.3 Å². The molecule has 0 amide bonds. The van der Waals surface area contributed by atoms with E-state index in [0.29, 0.717) is 0 Å². The van der Waals surface area contributed by atoms with Crippen molar-refractivity contribution in [2.24, 2.45) is 5.73 Å². The molecule has 0 aliphatic rings. The third kappa shape index (κ3) is 2.84. The van der Waals surface area contributed by atoms with Gasteiger partial charge < -0.3 is 10.6 Å². The van der Waals surface area contributed by atoms with Gasteiger partial charge in [-0.05, 0) is 35.4 Å². The Hall–Kier alpha value is -1.39. The quantitative estimate of drug-likeness (QED) is 0.903. The van der Waals surface area contributed by atoms with Crippen molar-refractivity contribution in [2.75, 3.05) is 11.9 Å². The molecule has 0 saturated carbocycles. The molecule has 0 aromatic carbocycles. The number of hydrogen-bond acceptors (Lipinski definition) is 4. The predicted octanol–water partition coefficient (Wildman–Crippen LogP) is 2.80. The summed E-state index contributed by atoms with van der Waals surface area (Å²) in [4.78, 5) is 6.57. The molecule has 2 rings (SSSR count). The van der Waals surface area contributed by atoms with Crippen molar-refractivity contribution < 1.29 is 0 Å². The Morgan fingerprint density at radius 3 is 2.94 bits per heavy atom. The highest BCUT2D eigenvalue weighted by atomic mass is 32.1. The van der Waals surface area contributed by atoms with Gasteiger partial charge in [0.1, 0.15) is 5.82 Å². The van der Waals surface area contributed by atoms with Crippen LogP contribution < -0.4 is 10.6 Å². The molecule has 0 aliphatic carbocycles. The summed E-state index contributed by atoms with van der Waals surface area (Å²) < 4.78 is 0. The number of rotatable bonds is 4. The Morgan fingerprint density at radius 1 is 1.47 bits per heavy atom. The van der Waals surface area contributed by atoms with Crippen LogP contribution in [0.3, 0.4) is 0 Å². The molecular formula is C13H17N3S. The van der Waals surface area contributed by atoms with Gasteiger partial charge in [-0.15, -0.1) is 0 Å². The maximum atomic E-state index is 5.96. The molecule has 4 heteroatoms. The first-order chi connectivity index (χ1) is 8.18. The SMILES string of the molecule is C[C@@H](N)c1cccnc1N(C)Cc1ccsc1. The van der Waals surface area contributed by atoms with Crippen LogP contribution in [0.4, 0.5) is 5.82 Å². The summed E-state index contributed by atoms with van der Waals surface area (Å²) in [5.74, 6) is 0.966. The van der Waals surface area contributed by atoms with Gasteiger partial charge in [-0.1, -0.05) is 6.07 Å². The zero-order valence-corrected chi connectivity index (χ0v) is 10.9. The van der Waals surface area contributed by atoms with Gasteiger partial charge in [0.25, 0.3) is 0 Å². The number of aromatic nitrogens is 1. The second kappa shape index (κ2) is 5.29. The third-order valence-electron chi connectivity index (χ3n) is 2.67. The molecule has 90 valence electrons. The van der Waals surface area contributed by atoms with Crippen molar-refractivity contribution in [3.05, 3.63) is 46.3 Å². The molecule has 0 fully saturated rings. The van der Waals surface area contributed by atoms with E-state index in [2.05, 4.69) is 26.7 Å².